The zero-order valence-electron chi connectivity index (χ0n) is 18.3. The monoisotopic (exact) mass is 439 g/mol. The summed E-state index contributed by atoms with van der Waals surface area (Å²) in [4.78, 5) is 22.9. The Morgan fingerprint density at radius 2 is 1.97 bits per heavy atom. The lowest BCUT2D eigenvalue weighted by Gasteiger charge is -2.33. The molecular formula is C20H33N5O4S. The van der Waals surface area contributed by atoms with Gasteiger partial charge in [0, 0.05) is 50.1 Å². The Balaban J connectivity index is 1.42. The van der Waals surface area contributed by atoms with Crippen molar-refractivity contribution >= 4 is 16.1 Å². The number of hydrogen-bond acceptors (Lipinski definition) is 7. The van der Waals surface area contributed by atoms with Crippen LogP contribution in [-0.4, -0.2) is 71.7 Å². The summed E-state index contributed by atoms with van der Waals surface area (Å²) < 4.78 is 30.3. The molecule has 0 radical (unpaired) electrons. The van der Waals surface area contributed by atoms with Gasteiger partial charge in [-0.1, -0.05) is 0 Å². The number of piperidine rings is 1. The quantitative estimate of drug-likeness (QED) is 0.742. The van der Waals surface area contributed by atoms with Crippen molar-refractivity contribution in [3.63, 3.8) is 0 Å². The van der Waals surface area contributed by atoms with E-state index in [1.807, 2.05) is 20.8 Å². The first-order valence-electron chi connectivity index (χ1n) is 10.5. The maximum atomic E-state index is 12.1. The molecule has 3 rings (SSSR count). The number of sulfonamides is 1. The van der Waals surface area contributed by atoms with Gasteiger partial charge in [-0.2, -0.15) is 4.31 Å². The van der Waals surface area contributed by atoms with Crippen molar-refractivity contribution in [2.45, 2.75) is 58.7 Å². The van der Waals surface area contributed by atoms with Gasteiger partial charge in [0.2, 0.25) is 10.0 Å². The summed E-state index contributed by atoms with van der Waals surface area (Å²) in [5.41, 5.74) is 1.35. The highest BCUT2D eigenvalue weighted by atomic mass is 32.2. The van der Waals surface area contributed by atoms with E-state index in [1.54, 1.807) is 11.1 Å². The third-order valence-electron chi connectivity index (χ3n) is 5.40. The van der Waals surface area contributed by atoms with Gasteiger partial charge in [-0.3, -0.25) is 0 Å². The Morgan fingerprint density at radius 3 is 2.60 bits per heavy atom. The highest BCUT2D eigenvalue weighted by Gasteiger charge is 2.27. The molecule has 2 aliphatic rings. The van der Waals surface area contributed by atoms with Gasteiger partial charge in [-0.15, -0.1) is 0 Å². The molecule has 1 saturated heterocycles. The minimum absolute atomic E-state index is 0.231. The first-order valence-corrected chi connectivity index (χ1v) is 12.3. The van der Waals surface area contributed by atoms with Gasteiger partial charge in [0.1, 0.15) is 11.4 Å². The molecule has 0 unspecified atom stereocenters. The van der Waals surface area contributed by atoms with Crippen molar-refractivity contribution in [1.82, 2.24) is 24.5 Å². The fraction of sp³-hybridized carbons (Fsp3) is 0.750. The summed E-state index contributed by atoms with van der Waals surface area (Å²) in [6.07, 6.45) is 5.24. The average molecular weight is 440 g/mol. The number of hydrogen-bond donors (Lipinski definition) is 1. The number of aromatic nitrogens is 2. The highest BCUT2D eigenvalue weighted by Crippen LogP contribution is 2.20. The molecule has 0 spiro atoms. The molecule has 168 valence electrons. The SMILES string of the molecule is CC(C)(C)OC(=O)N1CCC(CNCc2ncc3c(n2)CCN(S(C)(=O)=O)C3)CC1. The zero-order valence-corrected chi connectivity index (χ0v) is 19.2. The van der Waals surface area contributed by atoms with Crippen molar-refractivity contribution in [3.05, 3.63) is 23.3 Å². The summed E-state index contributed by atoms with van der Waals surface area (Å²) in [6.45, 7) is 9.31. The molecule has 1 fully saturated rings. The van der Waals surface area contributed by atoms with Gasteiger partial charge >= 0.3 is 6.09 Å². The van der Waals surface area contributed by atoms with Crippen LogP contribution in [0.1, 0.15) is 50.7 Å². The molecule has 9 nitrogen and oxygen atoms in total. The Labute approximate surface area is 179 Å². The number of fused-ring (bicyclic) bond motifs is 1. The standard InChI is InChI=1S/C20H33N5O4S/c1-20(2,3)29-19(26)24-8-5-15(6-9-24)11-21-13-18-22-12-16-14-25(30(4,27)28)10-7-17(16)23-18/h12,15,21H,5-11,13-14H2,1-4H3. The van der Waals surface area contributed by atoms with Crippen LogP contribution < -0.4 is 5.32 Å². The van der Waals surface area contributed by atoms with Gasteiger partial charge in [-0.05, 0) is 46.1 Å². The van der Waals surface area contributed by atoms with Crippen molar-refractivity contribution in [3.8, 4) is 0 Å². The molecule has 0 bridgehead atoms. The van der Waals surface area contributed by atoms with E-state index in [1.165, 1.54) is 10.6 Å². The lowest BCUT2D eigenvalue weighted by atomic mass is 9.97. The number of ether oxygens (including phenoxy) is 1. The van der Waals surface area contributed by atoms with Crippen molar-refractivity contribution in [1.29, 1.82) is 0 Å². The molecule has 0 aromatic carbocycles. The van der Waals surface area contributed by atoms with Gasteiger partial charge in [0.15, 0.2) is 0 Å². The third-order valence-corrected chi connectivity index (χ3v) is 6.65. The Kier molecular flexibility index (Phi) is 6.98. The summed E-state index contributed by atoms with van der Waals surface area (Å²) >= 11 is 0. The molecule has 2 aliphatic heterocycles. The van der Waals surface area contributed by atoms with Crippen LogP contribution in [0.15, 0.2) is 6.20 Å². The summed E-state index contributed by atoms with van der Waals surface area (Å²) in [5.74, 6) is 1.23. The van der Waals surface area contributed by atoms with Gasteiger partial charge in [-0.25, -0.2) is 23.2 Å². The van der Waals surface area contributed by atoms with E-state index in [0.717, 1.165) is 36.5 Å². The maximum Gasteiger partial charge on any atom is 0.410 e. The van der Waals surface area contributed by atoms with E-state index in [4.69, 9.17) is 4.74 Å². The van der Waals surface area contributed by atoms with E-state index < -0.39 is 15.6 Å². The number of nitrogens with zero attached hydrogens (tertiary/aromatic N) is 4. The first kappa shape index (κ1) is 22.9. The topological polar surface area (TPSA) is 105 Å². The number of carbonyl (C=O) groups is 1. The van der Waals surface area contributed by atoms with E-state index in [-0.39, 0.29) is 6.09 Å². The first-order chi connectivity index (χ1) is 14.0. The van der Waals surface area contributed by atoms with Crippen LogP contribution in [0.3, 0.4) is 0 Å². The lowest BCUT2D eigenvalue weighted by Crippen LogP contribution is -2.43. The fourth-order valence-corrected chi connectivity index (χ4v) is 4.53. The average Bonchev–Trinajstić information content (AvgIpc) is 2.66. The fourth-order valence-electron chi connectivity index (χ4n) is 3.73. The molecule has 1 aromatic heterocycles. The largest absolute Gasteiger partial charge is 0.444 e. The lowest BCUT2D eigenvalue weighted by molar-refractivity contribution is 0.0184. The van der Waals surface area contributed by atoms with Crippen LogP contribution in [0.2, 0.25) is 0 Å². The van der Waals surface area contributed by atoms with Crippen molar-refractivity contribution in [2.24, 2.45) is 5.92 Å². The number of carbonyl (C=O) groups excluding carboxylic acids is 1. The maximum absolute atomic E-state index is 12.1. The number of nitrogens with one attached hydrogen (secondary N) is 1. The van der Waals surface area contributed by atoms with Gasteiger partial charge in [0.25, 0.3) is 0 Å². The van der Waals surface area contributed by atoms with Crippen molar-refractivity contribution < 1.29 is 17.9 Å². The molecule has 0 saturated carbocycles. The Morgan fingerprint density at radius 1 is 1.27 bits per heavy atom. The zero-order chi connectivity index (χ0) is 21.9. The minimum atomic E-state index is -3.19. The molecule has 3 heterocycles. The van der Waals surface area contributed by atoms with Crippen LogP contribution in [0.5, 0.6) is 0 Å². The van der Waals surface area contributed by atoms with Gasteiger partial charge in [0.05, 0.1) is 12.8 Å². The molecule has 10 heteroatoms. The molecule has 0 atom stereocenters. The molecule has 0 aliphatic carbocycles. The smallest absolute Gasteiger partial charge is 0.410 e. The summed E-state index contributed by atoms with van der Waals surface area (Å²) in [6, 6.07) is 0. The molecule has 1 aromatic rings. The molecule has 1 N–H and O–H groups in total. The second kappa shape index (κ2) is 9.15. The van der Waals surface area contributed by atoms with Crippen LogP contribution >= 0.6 is 0 Å². The normalized spacial score (nSPS) is 18.9. The summed E-state index contributed by atoms with van der Waals surface area (Å²) in [7, 11) is -3.19. The van der Waals surface area contributed by atoms with E-state index >= 15 is 0 Å². The van der Waals surface area contributed by atoms with Crippen LogP contribution in [0.4, 0.5) is 4.79 Å². The number of rotatable bonds is 5. The second-order valence-corrected chi connectivity index (χ2v) is 11.1. The number of likely N-dealkylation sites (tertiary alicyclic amines) is 1. The van der Waals surface area contributed by atoms with E-state index in [9.17, 15) is 13.2 Å². The summed E-state index contributed by atoms with van der Waals surface area (Å²) in [5, 5.41) is 3.43. The third kappa shape index (κ3) is 6.36. The van der Waals surface area contributed by atoms with Crippen molar-refractivity contribution in [2.75, 3.05) is 32.4 Å². The van der Waals surface area contributed by atoms with Crippen LogP contribution in [0, 0.1) is 5.92 Å². The predicted molar refractivity (Wildman–Crippen MR) is 113 cm³/mol. The Bertz CT molecular complexity index is 860. The predicted octanol–water partition coefficient (Wildman–Crippen LogP) is 1.53. The molecule has 1 amide bonds. The van der Waals surface area contributed by atoms with E-state index in [0.29, 0.717) is 45.1 Å². The number of amides is 1. The minimum Gasteiger partial charge on any atom is -0.444 e. The van der Waals surface area contributed by atoms with Gasteiger partial charge < -0.3 is 15.0 Å². The van der Waals surface area contributed by atoms with Crippen LogP contribution in [0.25, 0.3) is 0 Å². The highest BCUT2D eigenvalue weighted by molar-refractivity contribution is 7.88. The van der Waals surface area contributed by atoms with E-state index in [2.05, 4.69) is 15.3 Å². The second-order valence-electron chi connectivity index (χ2n) is 9.15. The van der Waals surface area contributed by atoms with Crippen LogP contribution in [-0.2, 0) is 34.3 Å². The molecular weight excluding hydrogens is 406 g/mol. The molecule has 30 heavy (non-hydrogen) atoms. The Hall–Kier alpha value is -1.78.